The molecule has 0 fully saturated rings. The summed E-state index contributed by atoms with van der Waals surface area (Å²) >= 11 is 0. The van der Waals surface area contributed by atoms with Crippen LogP contribution in [0.5, 0.6) is 0 Å². The number of nitrogens with one attached hydrogen (secondary N) is 1. The minimum absolute atomic E-state index is 0.00497. The first-order chi connectivity index (χ1) is 7.99. The Morgan fingerprint density at radius 3 is 2.35 bits per heavy atom. The van der Waals surface area contributed by atoms with Gasteiger partial charge in [-0.1, -0.05) is 37.3 Å². The molecular weight excluding hydrogens is 227 g/mol. The molecule has 0 radical (unpaired) electrons. The Kier molecular flexibility index (Phi) is 5.48. The van der Waals surface area contributed by atoms with Crippen LogP contribution >= 0.6 is 0 Å². The van der Waals surface area contributed by atoms with Crippen LogP contribution in [0, 0.1) is 0 Å². The van der Waals surface area contributed by atoms with E-state index >= 15 is 0 Å². The quantitative estimate of drug-likeness (QED) is 0.753. The number of halogens is 3. The lowest BCUT2D eigenvalue weighted by molar-refractivity contribution is -0.133. The lowest BCUT2D eigenvalue weighted by Gasteiger charge is -2.12. The normalized spacial score (nSPS) is 13.6. The highest BCUT2D eigenvalue weighted by molar-refractivity contribution is 5.18. The Balaban J connectivity index is 2.15. The molecule has 1 unspecified atom stereocenters. The van der Waals surface area contributed by atoms with E-state index < -0.39 is 12.6 Å². The highest BCUT2D eigenvalue weighted by Crippen LogP contribution is 2.19. The van der Waals surface area contributed by atoms with Gasteiger partial charge in [0.15, 0.2) is 0 Å². The third-order valence-electron chi connectivity index (χ3n) is 2.71. The van der Waals surface area contributed by atoms with Crippen LogP contribution in [0.2, 0.25) is 0 Å². The Morgan fingerprint density at radius 1 is 1.12 bits per heavy atom. The predicted molar refractivity (Wildman–Crippen MR) is 63.0 cm³/mol. The second-order valence-electron chi connectivity index (χ2n) is 4.22. The maximum atomic E-state index is 11.9. The van der Waals surface area contributed by atoms with Crippen molar-refractivity contribution in [2.24, 2.45) is 0 Å². The van der Waals surface area contributed by atoms with Crippen LogP contribution in [0.1, 0.15) is 31.2 Å². The Morgan fingerprint density at radius 2 is 1.76 bits per heavy atom. The van der Waals surface area contributed by atoms with Crippen molar-refractivity contribution in [2.45, 2.75) is 31.9 Å². The molecule has 17 heavy (non-hydrogen) atoms. The molecule has 0 saturated carbocycles. The van der Waals surface area contributed by atoms with Crippen molar-refractivity contribution in [3.8, 4) is 0 Å². The number of rotatable bonds is 6. The Bertz CT molecular complexity index is 308. The summed E-state index contributed by atoms with van der Waals surface area (Å²) in [4.78, 5) is 0. The molecule has 4 heteroatoms. The van der Waals surface area contributed by atoms with E-state index in [0.717, 1.165) is 6.42 Å². The van der Waals surface area contributed by atoms with E-state index in [4.69, 9.17) is 0 Å². The highest BCUT2D eigenvalue weighted by Gasteiger charge is 2.25. The third kappa shape index (κ3) is 6.31. The predicted octanol–water partition coefficient (Wildman–Crippen LogP) is 3.72. The summed E-state index contributed by atoms with van der Waals surface area (Å²) in [6, 6.07) is 9.99. The van der Waals surface area contributed by atoms with Crippen LogP contribution in [0.4, 0.5) is 13.2 Å². The fourth-order valence-electron chi connectivity index (χ4n) is 1.62. The topological polar surface area (TPSA) is 12.0 Å². The van der Waals surface area contributed by atoms with Crippen LogP contribution in [0.25, 0.3) is 0 Å². The molecule has 0 heterocycles. The maximum Gasteiger partial charge on any atom is 0.390 e. The number of alkyl halides is 3. The van der Waals surface area contributed by atoms with E-state index in [0.29, 0.717) is 12.5 Å². The first kappa shape index (κ1) is 14.0. The average molecular weight is 245 g/mol. The van der Waals surface area contributed by atoms with Gasteiger partial charge in [0.05, 0.1) is 6.42 Å². The molecule has 0 aliphatic rings. The molecule has 96 valence electrons. The first-order valence-corrected chi connectivity index (χ1v) is 5.81. The molecule has 0 amide bonds. The number of hydrogen-bond donors (Lipinski definition) is 1. The van der Waals surface area contributed by atoms with Gasteiger partial charge in [-0.25, -0.2) is 0 Å². The molecule has 1 aromatic rings. The second kappa shape index (κ2) is 6.64. The van der Waals surface area contributed by atoms with E-state index in [-0.39, 0.29) is 6.54 Å². The average Bonchev–Trinajstić information content (AvgIpc) is 2.28. The van der Waals surface area contributed by atoms with Crippen LogP contribution in [0.15, 0.2) is 30.3 Å². The molecule has 0 aliphatic heterocycles. The molecule has 0 spiro atoms. The molecule has 0 aromatic heterocycles. The molecule has 0 saturated heterocycles. The maximum absolute atomic E-state index is 11.9. The summed E-state index contributed by atoms with van der Waals surface area (Å²) in [5, 5.41) is 2.82. The summed E-state index contributed by atoms with van der Waals surface area (Å²) < 4.78 is 35.6. The van der Waals surface area contributed by atoms with Crippen molar-refractivity contribution in [3.63, 3.8) is 0 Å². The minimum atomic E-state index is -4.06. The Hall–Kier alpha value is -1.03. The third-order valence-corrected chi connectivity index (χ3v) is 2.71. The van der Waals surface area contributed by atoms with Crippen molar-refractivity contribution in [2.75, 3.05) is 13.1 Å². The molecule has 0 bridgehead atoms. The molecular formula is C13H18F3N. The van der Waals surface area contributed by atoms with Gasteiger partial charge in [0.1, 0.15) is 0 Å². The van der Waals surface area contributed by atoms with Crippen molar-refractivity contribution in [1.82, 2.24) is 5.32 Å². The molecule has 0 aliphatic carbocycles. The SMILES string of the molecule is CC(CCNCCC(F)(F)F)c1ccccc1. The van der Waals surface area contributed by atoms with Crippen LogP contribution in [-0.2, 0) is 0 Å². The van der Waals surface area contributed by atoms with Gasteiger partial charge < -0.3 is 5.32 Å². The van der Waals surface area contributed by atoms with Crippen LogP contribution in [0.3, 0.4) is 0 Å². The lowest BCUT2D eigenvalue weighted by Crippen LogP contribution is -2.23. The van der Waals surface area contributed by atoms with Gasteiger partial charge in [0.2, 0.25) is 0 Å². The summed E-state index contributed by atoms with van der Waals surface area (Å²) in [5.74, 6) is 0.370. The Labute approximate surface area is 100 Å². The number of benzene rings is 1. The lowest BCUT2D eigenvalue weighted by atomic mass is 9.98. The van der Waals surface area contributed by atoms with Crippen molar-refractivity contribution in [1.29, 1.82) is 0 Å². The van der Waals surface area contributed by atoms with Crippen LogP contribution in [-0.4, -0.2) is 19.3 Å². The monoisotopic (exact) mass is 245 g/mol. The first-order valence-electron chi connectivity index (χ1n) is 5.81. The zero-order chi connectivity index (χ0) is 12.7. The van der Waals surface area contributed by atoms with Gasteiger partial charge in [-0.15, -0.1) is 0 Å². The van der Waals surface area contributed by atoms with E-state index in [1.165, 1.54) is 5.56 Å². The van der Waals surface area contributed by atoms with Gasteiger partial charge in [-0.2, -0.15) is 13.2 Å². The van der Waals surface area contributed by atoms with E-state index in [1.807, 2.05) is 30.3 Å². The zero-order valence-electron chi connectivity index (χ0n) is 9.93. The number of hydrogen-bond acceptors (Lipinski definition) is 1. The van der Waals surface area contributed by atoms with Gasteiger partial charge in [0.25, 0.3) is 0 Å². The van der Waals surface area contributed by atoms with E-state index in [1.54, 1.807) is 0 Å². The van der Waals surface area contributed by atoms with Gasteiger partial charge in [-0.3, -0.25) is 0 Å². The van der Waals surface area contributed by atoms with Crippen molar-refractivity contribution >= 4 is 0 Å². The van der Waals surface area contributed by atoms with Crippen LogP contribution < -0.4 is 5.32 Å². The highest BCUT2D eigenvalue weighted by atomic mass is 19.4. The molecule has 1 atom stereocenters. The molecule has 1 nitrogen and oxygen atoms in total. The van der Waals surface area contributed by atoms with Crippen molar-refractivity contribution in [3.05, 3.63) is 35.9 Å². The smallest absolute Gasteiger partial charge is 0.316 e. The van der Waals surface area contributed by atoms with Gasteiger partial charge in [0, 0.05) is 6.54 Å². The zero-order valence-corrected chi connectivity index (χ0v) is 9.93. The molecule has 1 aromatic carbocycles. The fourth-order valence-corrected chi connectivity index (χ4v) is 1.62. The summed E-state index contributed by atoms with van der Waals surface area (Å²) in [6.07, 6.45) is -3.97. The van der Waals surface area contributed by atoms with E-state index in [2.05, 4.69) is 12.2 Å². The van der Waals surface area contributed by atoms with E-state index in [9.17, 15) is 13.2 Å². The summed E-state index contributed by atoms with van der Waals surface area (Å²) in [7, 11) is 0. The summed E-state index contributed by atoms with van der Waals surface area (Å²) in [5.41, 5.74) is 1.23. The summed E-state index contributed by atoms with van der Waals surface area (Å²) in [6.45, 7) is 2.71. The minimum Gasteiger partial charge on any atom is -0.316 e. The largest absolute Gasteiger partial charge is 0.390 e. The molecule has 1 N–H and O–H groups in total. The standard InChI is InChI=1S/C13H18F3N/c1-11(12-5-3-2-4-6-12)7-9-17-10-8-13(14,15)16/h2-6,11,17H,7-10H2,1H3. The molecule has 1 rings (SSSR count). The van der Waals surface area contributed by atoms with Gasteiger partial charge in [-0.05, 0) is 24.4 Å². The van der Waals surface area contributed by atoms with Crippen molar-refractivity contribution < 1.29 is 13.2 Å². The van der Waals surface area contributed by atoms with Gasteiger partial charge >= 0.3 is 6.18 Å². The second-order valence-corrected chi connectivity index (χ2v) is 4.22. The fraction of sp³-hybridized carbons (Fsp3) is 0.538.